The van der Waals surface area contributed by atoms with E-state index in [-0.39, 0.29) is 11.6 Å². The van der Waals surface area contributed by atoms with E-state index >= 15 is 0 Å². The molecular weight excluding hydrogens is 374 g/mol. The minimum atomic E-state index is -0.0459. The molecule has 0 bridgehead atoms. The fourth-order valence-electron chi connectivity index (χ4n) is 4.06. The number of nitrogens with zero attached hydrogens (tertiary/aromatic N) is 5. The van der Waals surface area contributed by atoms with Gasteiger partial charge in [-0.3, -0.25) is 13.9 Å². The maximum absolute atomic E-state index is 13.7. The summed E-state index contributed by atoms with van der Waals surface area (Å²) in [6, 6.07) is 17.7. The van der Waals surface area contributed by atoms with Gasteiger partial charge >= 0.3 is 0 Å². The second-order valence-corrected chi connectivity index (χ2v) is 7.57. The van der Waals surface area contributed by atoms with Gasteiger partial charge in [-0.15, -0.1) is 0 Å². The Bertz CT molecular complexity index is 1450. The molecule has 3 aromatic heterocycles. The Balaban J connectivity index is 2.04. The van der Waals surface area contributed by atoms with Gasteiger partial charge < -0.3 is 0 Å². The second-order valence-electron chi connectivity index (χ2n) is 7.57. The first-order chi connectivity index (χ1) is 14.6. The van der Waals surface area contributed by atoms with Crippen LogP contribution in [0.3, 0.4) is 0 Å². The van der Waals surface area contributed by atoms with E-state index in [1.807, 2.05) is 70.7 Å². The Morgan fingerprint density at radius 2 is 1.53 bits per heavy atom. The highest BCUT2D eigenvalue weighted by atomic mass is 16.1. The van der Waals surface area contributed by atoms with Crippen molar-refractivity contribution in [2.24, 2.45) is 0 Å². The van der Waals surface area contributed by atoms with Gasteiger partial charge in [0.2, 0.25) is 0 Å². The molecule has 1 unspecified atom stereocenters. The Morgan fingerprint density at radius 1 is 0.867 bits per heavy atom. The summed E-state index contributed by atoms with van der Waals surface area (Å²) >= 11 is 0. The summed E-state index contributed by atoms with van der Waals surface area (Å²) in [5, 5.41) is 0.532. The number of fused-ring (bicyclic) bond motifs is 4. The van der Waals surface area contributed by atoms with Crippen molar-refractivity contribution in [1.82, 2.24) is 24.1 Å². The molecule has 150 valence electrons. The Labute approximate surface area is 173 Å². The average molecular weight is 397 g/mol. The molecule has 0 saturated carbocycles. The number of hydrogen-bond donors (Lipinski definition) is 0. The van der Waals surface area contributed by atoms with Crippen LogP contribution in [0, 0.1) is 0 Å². The van der Waals surface area contributed by atoms with Crippen molar-refractivity contribution >= 4 is 33.2 Å². The molecule has 0 radical (unpaired) electrons. The van der Waals surface area contributed by atoms with Gasteiger partial charge in [0, 0.05) is 18.2 Å². The summed E-state index contributed by atoms with van der Waals surface area (Å²) < 4.78 is 3.79. The van der Waals surface area contributed by atoms with Gasteiger partial charge in [-0.05, 0) is 37.6 Å². The number of para-hydroxylation sites is 3. The van der Waals surface area contributed by atoms with Gasteiger partial charge in [0.25, 0.3) is 5.56 Å². The molecule has 0 amide bonds. The zero-order chi connectivity index (χ0) is 20.8. The maximum atomic E-state index is 13.7. The lowest BCUT2D eigenvalue weighted by Crippen LogP contribution is -2.27. The Kier molecular flexibility index (Phi) is 4.35. The first-order valence-electron chi connectivity index (χ1n) is 10.4. The molecule has 30 heavy (non-hydrogen) atoms. The molecule has 5 aromatic rings. The third kappa shape index (κ3) is 2.64. The van der Waals surface area contributed by atoms with E-state index in [4.69, 9.17) is 15.0 Å². The number of aromatic nitrogens is 5. The van der Waals surface area contributed by atoms with Crippen LogP contribution < -0.4 is 5.56 Å². The van der Waals surface area contributed by atoms with Gasteiger partial charge in [-0.2, -0.15) is 0 Å². The predicted molar refractivity (Wildman–Crippen MR) is 120 cm³/mol. The average Bonchev–Trinajstić information content (AvgIpc) is 3.10. The zero-order valence-corrected chi connectivity index (χ0v) is 17.3. The molecule has 0 fully saturated rings. The van der Waals surface area contributed by atoms with Crippen LogP contribution >= 0.6 is 0 Å². The monoisotopic (exact) mass is 397 g/mol. The largest absolute Gasteiger partial charge is 0.293 e. The standard InChI is InChI=1S/C24H23N5O/c1-4-15(3)28-19(5-2)27-22-20(24(28)30)21-23(29(22)16-11-7-6-8-12-16)26-18-14-10-9-13-17(18)25-21/h6-15H,4-5H2,1-3H3. The lowest BCUT2D eigenvalue weighted by atomic mass is 10.2. The summed E-state index contributed by atoms with van der Waals surface area (Å²) in [5.41, 5.74) is 4.31. The number of benzene rings is 2. The van der Waals surface area contributed by atoms with Crippen molar-refractivity contribution in [2.45, 2.75) is 39.7 Å². The zero-order valence-electron chi connectivity index (χ0n) is 17.3. The van der Waals surface area contributed by atoms with Gasteiger partial charge in [0.1, 0.15) is 16.7 Å². The molecule has 0 aliphatic carbocycles. The Hall–Kier alpha value is -3.54. The predicted octanol–water partition coefficient (Wildman–Crippen LogP) is 4.82. The molecule has 6 nitrogen and oxygen atoms in total. The molecule has 6 heteroatoms. The van der Waals surface area contributed by atoms with Crippen LogP contribution in [-0.2, 0) is 6.42 Å². The first kappa shape index (κ1) is 18.5. The maximum Gasteiger partial charge on any atom is 0.265 e. The first-order valence-corrected chi connectivity index (χ1v) is 10.4. The van der Waals surface area contributed by atoms with Crippen LogP contribution in [0.2, 0.25) is 0 Å². The summed E-state index contributed by atoms with van der Waals surface area (Å²) in [5.74, 6) is 0.784. The molecule has 0 spiro atoms. The number of hydrogen-bond acceptors (Lipinski definition) is 4. The Morgan fingerprint density at radius 3 is 2.20 bits per heavy atom. The molecule has 3 heterocycles. The van der Waals surface area contributed by atoms with Crippen molar-refractivity contribution in [3.05, 3.63) is 70.8 Å². The van der Waals surface area contributed by atoms with Gasteiger partial charge in [0.05, 0.1) is 11.0 Å². The molecule has 0 saturated heterocycles. The number of rotatable bonds is 4. The van der Waals surface area contributed by atoms with E-state index in [9.17, 15) is 4.79 Å². The van der Waals surface area contributed by atoms with Crippen LogP contribution in [0.15, 0.2) is 59.4 Å². The van der Waals surface area contributed by atoms with E-state index in [1.165, 1.54) is 0 Å². The fourth-order valence-corrected chi connectivity index (χ4v) is 4.06. The van der Waals surface area contributed by atoms with E-state index < -0.39 is 0 Å². The van der Waals surface area contributed by atoms with E-state index in [2.05, 4.69) is 13.8 Å². The SMILES string of the molecule is CCc1nc2c(c(=O)n1C(C)CC)c1nc3ccccc3nc1n2-c1ccccc1. The van der Waals surface area contributed by atoms with Crippen LogP contribution in [0.4, 0.5) is 0 Å². The highest BCUT2D eigenvalue weighted by molar-refractivity contribution is 6.05. The van der Waals surface area contributed by atoms with Crippen LogP contribution in [0.25, 0.3) is 38.9 Å². The fraction of sp³-hybridized carbons (Fsp3) is 0.250. The summed E-state index contributed by atoms with van der Waals surface area (Å²) in [7, 11) is 0. The van der Waals surface area contributed by atoms with Crippen LogP contribution in [-0.4, -0.2) is 24.1 Å². The van der Waals surface area contributed by atoms with E-state index in [0.29, 0.717) is 28.6 Å². The molecule has 0 aliphatic heterocycles. The normalized spacial score (nSPS) is 12.8. The highest BCUT2D eigenvalue weighted by Crippen LogP contribution is 2.29. The summed E-state index contributed by atoms with van der Waals surface area (Å²) in [4.78, 5) is 28.5. The van der Waals surface area contributed by atoms with Crippen molar-refractivity contribution in [3.63, 3.8) is 0 Å². The smallest absolute Gasteiger partial charge is 0.265 e. The van der Waals surface area contributed by atoms with Gasteiger partial charge in [-0.1, -0.05) is 44.2 Å². The molecule has 0 aliphatic rings. The van der Waals surface area contributed by atoms with Gasteiger partial charge in [0.15, 0.2) is 11.3 Å². The van der Waals surface area contributed by atoms with Crippen molar-refractivity contribution < 1.29 is 0 Å². The van der Waals surface area contributed by atoms with Crippen molar-refractivity contribution in [3.8, 4) is 5.69 Å². The topological polar surface area (TPSA) is 65.6 Å². The van der Waals surface area contributed by atoms with Crippen molar-refractivity contribution in [2.75, 3.05) is 0 Å². The van der Waals surface area contributed by atoms with Crippen molar-refractivity contribution in [1.29, 1.82) is 0 Å². The molecule has 1 atom stereocenters. The third-order valence-corrected chi connectivity index (χ3v) is 5.74. The number of aryl methyl sites for hydroxylation is 1. The quantitative estimate of drug-likeness (QED) is 0.436. The van der Waals surface area contributed by atoms with E-state index in [1.54, 1.807) is 0 Å². The third-order valence-electron chi connectivity index (χ3n) is 5.74. The summed E-state index contributed by atoms with van der Waals surface area (Å²) in [6.07, 6.45) is 1.53. The highest BCUT2D eigenvalue weighted by Gasteiger charge is 2.23. The molecule has 0 N–H and O–H groups in total. The molecule has 5 rings (SSSR count). The van der Waals surface area contributed by atoms with Crippen LogP contribution in [0.1, 0.15) is 39.1 Å². The minimum Gasteiger partial charge on any atom is -0.293 e. The summed E-state index contributed by atoms with van der Waals surface area (Å²) in [6.45, 7) is 6.18. The second kappa shape index (κ2) is 7.06. The molecular formula is C24H23N5O. The van der Waals surface area contributed by atoms with E-state index in [0.717, 1.165) is 29.0 Å². The lowest BCUT2D eigenvalue weighted by molar-refractivity contribution is 0.489. The minimum absolute atomic E-state index is 0.0459. The van der Waals surface area contributed by atoms with Crippen LogP contribution in [0.5, 0.6) is 0 Å². The lowest BCUT2D eigenvalue weighted by Gasteiger charge is -2.17. The van der Waals surface area contributed by atoms with Gasteiger partial charge in [-0.25, -0.2) is 15.0 Å². The molecule has 2 aromatic carbocycles.